The van der Waals surface area contributed by atoms with Crippen molar-refractivity contribution in [3.8, 4) is 0 Å². The van der Waals surface area contributed by atoms with Gasteiger partial charge in [0.1, 0.15) is 0 Å². The van der Waals surface area contributed by atoms with Crippen molar-refractivity contribution in [1.29, 1.82) is 0 Å². The first-order valence-electron chi connectivity index (χ1n) is 6.09. The van der Waals surface area contributed by atoms with Crippen LogP contribution in [0.25, 0.3) is 0 Å². The highest BCUT2D eigenvalue weighted by atomic mass is 15.3. The molecule has 1 saturated heterocycles. The van der Waals surface area contributed by atoms with Gasteiger partial charge in [0.05, 0.1) is 0 Å². The van der Waals surface area contributed by atoms with Crippen LogP contribution in [-0.4, -0.2) is 44.3 Å². The Kier molecular flexibility index (Phi) is 4.22. The molecule has 0 aromatic heterocycles. The molecule has 0 radical (unpaired) electrons. The van der Waals surface area contributed by atoms with E-state index in [1.807, 2.05) is 0 Å². The summed E-state index contributed by atoms with van der Waals surface area (Å²) in [5.74, 6) is 0.970. The van der Waals surface area contributed by atoms with Gasteiger partial charge in [-0.2, -0.15) is 0 Å². The lowest BCUT2D eigenvalue weighted by atomic mass is 10.1. The van der Waals surface area contributed by atoms with E-state index in [-0.39, 0.29) is 0 Å². The standard InChI is InChI=1S/C11H23N3/c1-2-4-11(3-1)9-13-10-14-7-5-12-6-8-14/h11-13H,1-10H2. The molecule has 0 unspecified atom stereocenters. The van der Waals surface area contributed by atoms with Crippen molar-refractivity contribution in [2.75, 3.05) is 39.4 Å². The Morgan fingerprint density at radius 2 is 1.86 bits per heavy atom. The number of piperazine rings is 1. The lowest BCUT2D eigenvalue weighted by Crippen LogP contribution is -2.47. The van der Waals surface area contributed by atoms with E-state index in [4.69, 9.17) is 0 Å². The predicted octanol–water partition coefficient (Wildman–Crippen LogP) is 0.629. The zero-order chi connectivity index (χ0) is 9.64. The third kappa shape index (κ3) is 3.23. The smallest absolute Gasteiger partial charge is 0.0481 e. The van der Waals surface area contributed by atoms with Crippen LogP contribution in [0.5, 0.6) is 0 Å². The summed E-state index contributed by atoms with van der Waals surface area (Å²) < 4.78 is 0. The largest absolute Gasteiger partial charge is 0.314 e. The molecule has 14 heavy (non-hydrogen) atoms. The molecular weight excluding hydrogens is 174 g/mol. The quantitative estimate of drug-likeness (QED) is 0.692. The predicted molar refractivity (Wildman–Crippen MR) is 59.3 cm³/mol. The van der Waals surface area contributed by atoms with Gasteiger partial charge >= 0.3 is 0 Å². The van der Waals surface area contributed by atoms with Crippen molar-refractivity contribution in [3.63, 3.8) is 0 Å². The van der Waals surface area contributed by atoms with Crippen LogP contribution < -0.4 is 10.6 Å². The first-order valence-corrected chi connectivity index (χ1v) is 6.09. The van der Waals surface area contributed by atoms with E-state index in [1.165, 1.54) is 45.3 Å². The third-order valence-corrected chi connectivity index (χ3v) is 3.45. The maximum Gasteiger partial charge on any atom is 0.0481 e. The lowest BCUT2D eigenvalue weighted by Gasteiger charge is -2.27. The van der Waals surface area contributed by atoms with Crippen LogP contribution in [0.1, 0.15) is 25.7 Å². The molecule has 0 spiro atoms. The fraction of sp³-hybridized carbons (Fsp3) is 1.00. The van der Waals surface area contributed by atoms with Gasteiger partial charge in [0.15, 0.2) is 0 Å². The molecule has 0 aromatic rings. The highest BCUT2D eigenvalue weighted by Crippen LogP contribution is 2.23. The Balaban J connectivity index is 1.52. The van der Waals surface area contributed by atoms with E-state index in [0.717, 1.165) is 25.7 Å². The van der Waals surface area contributed by atoms with Crippen LogP contribution in [0.4, 0.5) is 0 Å². The van der Waals surface area contributed by atoms with Crippen molar-refractivity contribution in [2.24, 2.45) is 5.92 Å². The summed E-state index contributed by atoms with van der Waals surface area (Å²) in [6.07, 6.45) is 5.82. The van der Waals surface area contributed by atoms with Gasteiger partial charge in [-0.25, -0.2) is 0 Å². The highest BCUT2D eigenvalue weighted by molar-refractivity contribution is 4.71. The zero-order valence-electron chi connectivity index (χ0n) is 9.10. The molecule has 2 aliphatic rings. The van der Waals surface area contributed by atoms with E-state index in [1.54, 1.807) is 0 Å². The van der Waals surface area contributed by atoms with E-state index < -0.39 is 0 Å². The maximum atomic E-state index is 3.60. The number of hydrogen-bond acceptors (Lipinski definition) is 3. The molecule has 2 rings (SSSR count). The first-order chi connectivity index (χ1) is 6.95. The van der Waals surface area contributed by atoms with Crippen molar-refractivity contribution in [1.82, 2.24) is 15.5 Å². The molecule has 0 amide bonds. The third-order valence-electron chi connectivity index (χ3n) is 3.45. The van der Waals surface area contributed by atoms with Crippen LogP contribution >= 0.6 is 0 Å². The molecule has 2 fully saturated rings. The van der Waals surface area contributed by atoms with Crippen molar-refractivity contribution < 1.29 is 0 Å². The molecule has 1 aliphatic carbocycles. The normalized spacial score (nSPS) is 25.7. The van der Waals surface area contributed by atoms with Gasteiger partial charge in [0, 0.05) is 32.8 Å². The molecule has 0 aromatic carbocycles. The van der Waals surface area contributed by atoms with Gasteiger partial charge in [0.25, 0.3) is 0 Å². The minimum Gasteiger partial charge on any atom is -0.314 e. The van der Waals surface area contributed by atoms with E-state index >= 15 is 0 Å². The number of nitrogens with one attached hydrogen (secondary N) is 2. The van der Waals surface area contributed by atoms with Gasteiger partial charge in [-0.05, 0) is 25.3 Å². The Morgan fingerprint density at radius 3 is 2.57 bits per heavy atom. The van der Waals surface area contributed by atoms with Gasteiger partial charge < -0.3 is 10.6 Å². The summed E-state index contributed by atoms with van der Waals surface area (Å²) in [6, 6.07) is 0. The second kappa shape index (κ2) is 5.69. The van der Waals surface area contributed by atoms with Crippen LogP contribution in [-0.2, 0) is 0 Å². The summed E-state index contributed by atoms with van der Waals surface area (Å²) in [5.41, 5.74) is 0. The molecule has 3 nitrogen and oxygen atoms in total. The molecule has 2 N–H and O–H groups in total. The Labute approximate surface area is 87.2 Å². The summed E-state index contributed by atoms with van der Waals surface area (Å²) in [6.45, 7) is 7.06. The molecule has 1 saturated carbocycles. The van der Waals surface area contributed by atoms with Crippen LogP contribution in [0.3, 0.4) is 0 Å². The lowest BCUT2D eigenvalue weighted by molar-refractivity contribution is 0.219. The van der Waals surface area contributed by atoms with Crippen LogP contribution in [0.2, 0.25) is 0 Å². The molecule has 0 atom stereocenters. The van der Waals surface area contributed by atoms with Gasteiger partial charge in [-0.3, -0.25) is 4.90 Å². The van der Waals surface area contributed by atoms with Gasteiger partial charge in [-0.1, -0.05) is 12.8 Å². The second-order valence-electron chi connectivity index (χ2n) is 4.63. The Morgan fingerprint density at radius 1 is 1.14 bits per heavy atom. The Bertz CT molecular complexity index is 149. The van der Waals surface area contributed by atoms with E-state index in [9.17, 15) is 0 Å². The molecule has 1 heterocycles. The molecule has 1 aliphatic heterocycles. The van der Waals surface area contributed by atoms with Crippen molar-refractivity contribution in [3.05, 3.63) is 0 Å². The fourth-order valence-corrected chi connectivity index (χ4v) is 2.51. The zero-order valence-corrected chi connectivity index (χ0v) is 9.10. The highest BCUT2D eigenvalue weighted by Gasteiger charge is 2.15. The molecule has 0 bridgehead atoms. The summed E-state index contributed by atoms with van der Waals surface area (Å²) >= 11 is 0. The second-order valence-corrected chi connectivity index (χ2v) is 4.63. The van der Waals surface area contributed by atoms with Crippen molar-refractivity contribution in [2.45, 2.75) is 25.7 Å². The van der Waals surface area contributed by atoms with Gasteiger partial charge in [0.2, 0.25) is 0 Å². The molecule has 82 valence electrons. The summed E-state index contributed by atoms with van der Waals surface area (Å²) in [5, 5.41) is 6.97. The van der Waals surface area contributed by atoms with Gasteiger partial charge in [-0.15, -0.1) is 0 Å². The average Bonchev–Trinajstić information content (AvgIpc) is 2.72. The minimum absolute atomic E-state index is 0.970. The Hall–Kier alpha value is -0.120. The SMILES string of the molecule is C1CCC(CNCN2CCNCC2)C1. The fourth-order valence-electron chi connectivity index (χ4n) is 2.51. The summed E-state index contributed by atoms with van der Waals surface area (Å²) in [7, 11) is 0. The molecule has 3 heteroatoms. The minimum atomic E-state index is 0.970. The topological polar surface area (TPSA) is 27.3 Å². The van der Waals surface area contributed by atoms with Crippen molar-refractivity contribution >= 4 is 0 Å². The average molecular weight is 197 g/mol. The van der Waals surface area contributed by atoms with E-state index in [2.05, 4.69) is 15.5 Å². The maximum absolute atomic E-state index is 3.60. The van der Waals surface area contributed by atoms with Crippen LogP contribution in [0.15, 0.2) is 0 Å². The number of rotatable bonds is 4. The number of nitrogens with zero attached hydrogens (tertiary/aromatic N) is 1. The number of hydrogen-bond donors (Lipinski definition) is 2. The van der Waals surface area contributed by atoms with E-state index in [0.29, 0.717) is 0 Å². The first kappa shape index (κ1) is 10.4. The summed E-state index contributed by atoms with van der Waals surface area (Å²) in [4.78, 5) is 2.51. The van der Waals surface area contributed by atoms with Crippen LogP contribution in [0, 0.1) is 5.92 Å². The molecular formula is C11H23N3. The monoisotopic (exact) mass is 197 g/mol.